The van der Waals surface area contributed by atoms with Gasteiger partial charge >= 0.3 is 0 Å². The molecule has 1 atom stereocenters. The first-order valence-corrected chi connectivity index (χ1v) is 4.29. The highest BCUT2D eigenvalue weighted by atomic mass is 35.5. The molecule has 1 unspecified atom stereocenters. The number of hydrogen-bond acceptors (Lipinski definition) is 2. The highest BCUT2D eigenvalue weighted by molar-refractivity contribution is 6.64. The van der Waals surface area contributed by atoms with Crippen molar-refractivity contribution in [3.63, 3.8) is 0 Å². The molecule has 0 N–H and O–H groups in total. The second-order valence-corrected chi connectivity index (χ2v) is 3.65. The first kappa shape index (κ1) is 9.01. The number of carbonyl (C=O) groups is 2. The molecule has 0 aromatic rings. The minimum atomic E-state index is -0.701. The van der Waals surface area contributed by atoms with Crippen LogP contribution in [0.1, 0.15) is 19.3 Å². The summed E-state index contributed by atoms with van der Waals surface area (Å²) < 4.78 is 0. The lowest BCUT2D eigenvalue weighted by atomic mass is 10.1. The first-order chi connectivity index (χ1) is 5.11. The Balaban J connectivity index is 2.33. The van der Waals surface area contributed by atoms with Crippen LogP contribution >= 0.6 is 23.2 Å². The van der Waals surface area contributed by atoms with E-state index in [1.54, 1.807) is 0 Å². The van der Waals surface area contributed by atoms with Gasteiger partial charge in [0, 0.05) is 12.3 Å². The summed E-state index contributed by atoms with van der Waals surface area (Å²) in [5.74, 6) is 0.0779. The number of ketones is 1. The van der Waals surface area contributed by atoms with Gasteiger partial charge in [0.2, 0.25) is 5.24 Å². The second-order valence-electron chi connectivity index (χ2n) is 2.70. The SMILES string of the molecule is O=C(Cl)CC(Cl)C(=O)C1CC1. The van der Waals surface area contributed by atoms with E-state index >= 15 is 0 Å². The lowest BCUT2D eigenvalue weighted by molar-refractivity contribution is -0.122. The average molecular weight is 195 g/mol. The van der Waals surface area contributed by atoms with Gasteiger partial charge in [-0.2, -0.15) is 0 Å². The lowest BCUT2D eigenvalue weighted by Gasteiger charge is -2.02. The number of alkyl halides is 1. The molecular weight excluding hydrogens is 187 g/mol. The van der Waals surface area contributed by atoms with Gasteiger partial charge in [-0.15, -0.1) is 11.6 Å². The van der Waals surface area contributed by atoms with E-state index in [2.05, 4.69) is 0 Å². The monoisotopic (exact) mass is 194 g/mol. The van der Waals surface area contributed by atoms with Crippen molar-refractivity contribution in [1.29, 1.82) is 0 Å². The van der Waals surface area contributed by atoms with Crippen molar-refractivity contribution in [2.24, 2.45) is 5.92 Å². The standard InChI is InChI=1S/C7H8Cl2O2/c8-5(3-6(9)10)7(11)4-1-2-4/h4-5H,1-3H2. The Hall–Kier alpha value is -0.0800. The van der Waals surface area contributed by atoms with Crippen molar-refractivity contribution in [2.75, 3.05) is 0 Å². The summed E-state index contributed by atoms with van der Waals surface area (Å²) in [5.41, 5.74) is 0. The topological polar surface area (TPSA) is 34.1 Å². The van der Waals surface area contributed by atoms with E-state index in [-0.39, 0.29) is 18.1 Å². The molecule has 0 amide bonds. The zero-order chi connectivity index (χ0) is 8.43. The maximum Gasteiger partial charge on any atom is 0.223 e. The zero-order valence-electron chi connectivity index (χ0n) is 5.85. The van der Waals surface area contributed by atoms with E-state index < -0.39 is 10.6 Å². The molecule has 1 rings (SSSR count). The third kappa shape index (κ3) is 2.80. The number of Topliss-reactive ketones (excluding diaryl/α,β-unsaturated/α-hetero) is 1. The molecule has 1 saturated carbocycles. The fourth-order valence-corrected chi connectivity index (χ4v) is 1.42. The number of hydrogen-bond donors (Lipinski definition) is 0. The van der Waals surface area contributed by atoms with E-state index in [0.29, 0.717) is 0 Å². The Bertz CT molecular complexity index is 187. The molecule has 0 spiro atoms. The summed E-state index contributed by atoms with van der Waals surface area (Å²) in [6, 6.07) is 0. The van der Waals surface area contributed by atoms with Gasteiger partial charge in [-0.1, -0.05) is 0 Å². The molecule has 0 aliphatic heterocycles. The highest BCUT2D eigenvalue weighted by Gasteiger charge is 2.34. The third-order valence-corrected chi connectivity index (χ3v) is 2.15. The average Bonchev–Trinajstić information content (AvgIpc) is 2.65. The minimum Gasteiger partial charge on any atom is -0.298 e. The molecule has 0 bridgehead atoms. The van der Waals surface area contributed by atoms with Crippen LogP contribution < -0.4 is 0 Å². The Morgan fingerprint density at radius 1 is 1.45 bits per heavy atom. The smallest absolute Gasteiger partial charge is 0.223 e. The highest BCUT2D eigenvalue weighted by Crippen LogP contribution is 2.32. The second kappa shape index (κ2) is 3.55. The van der Waals surface area contributed by atoms with E-state index in [0.717, 1.165) is 12.8 Å². The molecule has 62 valence electrons. The molecule has 2 nitrogen and oxygen atoms in total. The molecule has 0 heterocycles. The summed E-state index contributed by atoms with van der Waals surface area (Å²) in [6.45, 7) is 0. The van der Waals surface area contributed by atoms with Crippen LogP contribution in [0, 0.1) is 5.92 Å². The Morgan fingerprint density at radius 2 is 2.00 bits per heavy atom. The molecule has 1 fully saturated rings. The van der Waals surface area contributed by atoms with E-state index in [1.807, 2.05) is 0 Å². The molecule has 11 heavy (non-hydrogen) atoms. The number of rotatable bonds is 4. The van der Waals surface area contributed by atoms with Crippen LogP contribution in [0.3, 0.4) is 0 Å². The van der Waals surface area contributed by atoms with Crippen molar-refractivity contribution in [3.8, 4) is 0 Å². The predicted molar refractivity (Wildman–Crippen MR) is 42.8 cm³/mol. The van der Waals surface area contributed by atoms with Crippen molar-refractivity contribution >= 4 is 34.2 Å². The molecule has 0 aromatic heterocycles. The maximum atomic E-state index is 11.1. The zero-order valence-corrected chi connectivity index (χ0v) is 7.36. The van der Waals surface area contributed by atoms with Crippen molar-refractivity contribution < 1.29 is 9.59 Å². The van der Waals surface area contributed by atoms with Crippen molar-refractivity contribution in [3.05, 3.63) is 0 Å². The molecule has 1 aliphatic rings. The third-order valence-electron chi connectivity index (χ3n) is 1.63. The molecule has 1 aliphatic carbocycles. The summed E-state index contributed by atoms with van der Waals surface area (Å²) in [5, 5.41) is -1.24. The lowest BCUT2D eigenvalue weighted by Crippen LogP contribution is -2.18. The molecule has 0 radical (unpaired) electrons. The van der Waals surface area contributed by atoms with Gasteiger partial charge in [0.05, 0.1) is 0 Å². The Morgan fingerprint density at radius 3 is 2.36 bits per heavy atom. The van der Waals surface area contributed by atoms with Crippen molar-refractivity contribution in [2.45, 2.75) is 24.6 Å². The van der Waals surface area contributed by atoms with Gasteiger partial charge in [0.25, 0.3) is 0 Å². The van der Waals surface area contributed by atoms with E-state index in [1.165, 1.54) is 0 Å². The van der Waals surface area contributed by atoms with Crippen LogP contribution in [0.15, 0.2) is 0 Å². The van der Waals surface area contributed by atoms with Gasteiger partial charge in [0.15, 0.2) is 5.78 Å². The molecular formula is C7H8Cl2O2. The van der Waals surface area contributed by atoms with Gasteiger partial charge in [0.1, 0.15) is 5.38 Å². The number of carbonyl (C=O) groups excluding carboxylic acids is 2. The van der Waals surface area contributed by atoms with E-state index in [4.69, 9.17) is 23.2 Å². The van der Waals surface area contributed by atoms with Crippen LogP contribution in [0.5, 0.6) is 0 Å². The normalized spacial score (nSPS) is 19.5. The minimum absolute atomic E-state index is 0.0272. The molecule has 0 aromatic carbocycles. The molecule has 4 heteroatoms. The van der Waals surface area contributed by atoms with Crippen LogP contribution in [-0.4, -0.2) is 16.4 Å². The van der Waals surface area contributed by atoms with Crippen LogP contribution in [0.4, 0.5) is 0 Å². The Labute approximate surface area is 74.9 Å². The predicted octanol–water partition coefficient (Wildman–Crippen LogP) is 1.73. The summed E-state index contributed by atoms with van der Waals surface area (Å²) in [4.78, 5) is 21.4. The van der Waals surface area contributed by atoms with E-state index in [9.17, 15) is 9.59 Å². The van der Waals surface area contributed by atoms with Gasteiger partial charge < -0.3 is 0 Å². The Kier molecular flexibility index (Phi) is 2.90. The van der Waals surface area contributed by atoms with Gasteiger partial charge in [-0.25, -0.2) is 0 Å². The number of halogens is 2. The van der Waals surface area contributed by atoms with Gasteiger partial charge in [-0.05, 0) is 24.4 Å². The summed E-state index contributed by atoms with van der Waals surface area (Å²) in [7, 11) is 0. The molecule has 0 saturated heterocycles. The quantitative estimate of drug-likeness (QED) is 0.505. The van der Waals surface area contributed by atoms with Gasteiger partial charge in [-0.3, -0.25) is 9.59 Å². The largest absolute Gasteiger partial charge is 0.298 e. The first-order valence-electron chi connectivity index (χ1n) is 3.47. The van der Waals surface area contributed by atoms with Crippen LogP contribution in [0.2, 0.25) is 0 Å². The summed E-state index contributed by atoms with van der Waals surface area (Å²) >= 11 is 10.7. The summed E-state index contributed by atoms with van der Waals surface area (Å²) in [6.07, 6.45) is 1.79. The maximum absolute atomic E-state index is 11.1. The van der Waals surface area contributed by atoms with Crippen LogP contribution in [-0.2, 0) is 9.59 Å². The fourth-order valence-electron chi connectivity index (χ4n) is 0.865. The fraction of sp³-hybridized carbons (Fsp3) is 0.714. The van der Waals surface area contributed by atoms with Crippen LogP contribution in [0.25, 0.3) is 0 Å². The van der Waals surface area contributed by atoms with Crippen molar-refractivity contribution in [1.82, 2.24) is 0 Å².